The highest BCUT2D eigenvalue weighted by Gasteiger charge is 2.56. The molecule has 5 rings (SSSR count). The van der Waals surface area contributed by atoms with Crippen molar-refractivity contribution in [3.63, 3.8) is 0 Å². The summed E-state index contributed by atoms with van der Waals surface area (Å²) in [7, 11) is -2.16. The highest BCUT2D eigenvalue weighted by molar-refractivity contribution is 7.96. The first-order valence-corrected chi connectivity index (χ1v) is 23.0. The molecule has 0 bridgehead atoms. The number of likely N-dealkylation sites (tertiary alicyclic amines) is 1. The smallest absolute Gasteiger partial charge is 0.411 e. The number of β-lactam (4-membered cyclic amide) rings is 1. The molecule has 4 aromatic rings. The van der Waals surface area contributed by atoms with Crippen molar-refractivity contribution in [2.45, 2.75) is 45.1 Å². The van der Waals surface area contributed by atoms with Gasteiger partial charge in [-0.1, -0.05) is 128 Å². The molecule has 1 fully saturated rings. The number of ether oxygens (including phenoxy) is 2. The number of amides is 2. The maximum atomic E-state index is 14.9. The fourth-order valence-corrected chi connectivity index (χ4v) is 12.6. The van der Waals surface area contributed by atoms with Crippen molar-refractivity contribution in [3.8, 4) is 0 Å². The van der Waals surface area contributed by atoms with Crippen LogP contribution < -0.4 is 21.2 Å². The van der Waals surface area contributed by atoms with E-state index in [0.29, 0.717) is 11.3 Å². The molecule has 0 aliphatic carbocycles. The van der Waals surface area contributed by atoms with E-state index >= 15 is 0 Å². The molecule has 54 heavy (non-hydrogen) atoms. The minimum atomic E-state index is -3.20. The van der Waals surface area contributed by atoms with Crippen LogP contribution in [0.2, 0.25) is 19.6 Å². The fourth-order valence-electron chi connectivity index (χ4n) is 6.92. The average molecular weight is 763 g/mol. The normalized spacial score (nSPS) is 16.0. The summed E-state index contributed by atoms with van der Waals surface area (Å²) >= 11 is 0. The Morgan fingerprint density at radius 1 is 0.796 bits per heavy atom. The standard InChI is InChI=1S/C43H47N2O7PSi/c1-7-27-50-42(48)41(53(34-21-12-9-13-22-34,35-23-14-10-15-24-35)36-25-16-11-17-26-36)45-37(39(40(45)47)31(3)52-54(4,5)6)30-38(46)32-19-18-20-33(29-32)44-43(49)51-28-8-2/h7-26,29,31,37,39H,1-2,27-28,30H2,3-6H3,(H,44,49)/t31-,37-,39-/m1/s1. The van der Waals surface area contributed by atoms with Crippen molar-refractivity contribution >= 4 is 66.0 Å². The van der Waals surface area contributed by atoms with Crippen molar-refractivity contribution in [2.75, 3.05) is 18.5 Å². The molecule has 1 aliphatic rings. The first-order valence-electron chi connectivity index (χ1n) is 17.8. The molecule has 0 spiro atoms. The molecular weight excluding hydrogens is 716 g/mol. The largest absolute Gasteiger partial charge is 0.457 e. The van der Waals surface area contributed by atoms with E-state index in [1.807, 2.05) is 118 Å². The van der Waals surface area contributed by atoms with Gasteiger partial charge in [0.05, 0.1) is 18.1 Å². The molecule has 0 radical (unpaired) electrons. The number of Topliss-reactive ketones (excluding diaryl/α,β-unsaturated/α-hetero) is 1. The van der Waals surface area contributed by atoms with Gasteiger partial charge in [0, 0.05) is 24.6 Å². The molecular formula is C43H47N2O7PSi. The molecule has 9 nitrogen and oxygen atoms in total. The number of rotatable bonds is 16. The predicted molar refractivity (Wildman–Crippen MR) is 220 cm³/mol. The summed E-state index contributed by atoms with van der Waals surface area (Å²) in [5.41, 5.74) is 0.859. The van der Waals surface area contributed by atoms with Crippen molar-refractivity contribution < 1.29 is 33.1 Å². The summed E-state index contributed by atoms with van der Waals surface area (Å²) in [4.78, 5) is 57.9. The van der Waals surface area contributed by atoms with Crippen LogP contribution >= 0.6 is 6.89 Å². The molecule has 0 unspecified atom stereocenters. The van der Waals surface area contributed by atoms with Crippen LogP contribution in [0, 0.1) is 5.92 Å². The highest BCUT2D eigenvalue weighted by Crippen LogP contribution is 2.50. The van der Waals surface area contributed by atoms with E-state index in [2.05, 4.69) is 18.5 Å². The molecule has 3 atom stereocenters. The van der Waals surface area contributed by atoms with Crippen LogP contribution in [0.15, 0.2) is 141 Å². The number of carbonyl (C=O) groups is 4. The van der Waals surface area contributed by atoms with E-state index in [0.717, 1.165) is 15.9 Å². The maximum Gasteiger partial charge on any atom is 0.411 e. The lowest BCUT2D eigenvalue weighted by Gasteiger charge is -2.52. The SMILES string of the molecule is C=CCOC(=O)Nc1cccc(C(=O)C[C@@H]2[C@@H]([C@@H](C)O[Si](C)(C)C)C(=O)N2C(C(=O)OCC=C)=P(c2ccccc2)(c2ccccc2)c2ccccc2)c1. The zero-order chi connectivity index (χ0) is 38.9. The van der Waals surface area contributed by atoms with Crippen LogP contribution in [0.5, 0.6) is 0 Å². The molecule has 1 aliphatic heterocycles. The van der Waals surface area contributed by atoms with Gasteiger partial charge < -0.3 is 18.8 Å². The lowest BCUT2D eigenvalue weighted by molar-refractivity contribution is -0.156. The number of nitrogens with one attached hydrogen (secondary N) is 1. The number of hydrogen-bond donors (Lipinski definition) is 1. The summed E-state index contributed by atoms with van der Waals surface area (Å²) < 4.78 is 17.4. The topological polar surface area (TPSA) is 111 Å². The third-order valence-electron chi connectivity index (χ3n) is 8.96. The van der Waals surface area contributed by atoms with Gasteiger partial charge in [-0.15, -0.1) is 0 Å². The van der Waals surface area contributed by atoms with E-state index in [1.165, 1.54) is 17.1 Å². The molecule has 2 amide bonds. The van der Waals surface area contributed by atoms with E-state index in [1.54, 1.807) is 24.3 Å². The van der Waals surface area contributed by atoms with Gasteiger partial charge in [-0.2, -0.15) is 0 Å². The number of carbonyl (C=O) groups excluding carboxylic acids is 4. The Morgan fingerprint density at radius 3 is 1.81 bits per heavy atom. The molecule has 1 saturated heterocycles. The zero-order valence-corrected chi connectivity index (χ0v) is 33.0. The summed E-state index contributed by atoms with van der Waals surface area (Å²) in [5.74, 6) is -2.02. The third-order valence-corrected chi connectivity index (χ3v) is 14.3. The second-order valence-electron chi connectivity index (χ2n) is 13.8. The quantitative estimate of drug-likeness (QED) is 0.0330. The van der Waals surface area contributed by atoms with Gasteiger partial charge in [-0.05, 0) is 54.6 Å². The van der Waals surface area contributed by atoms with Gasteiger partial charge >= 0.3 is 12.1 Å². The van der Waals surface area contributed by atoms with Crippen LogP contribution in [-0.4, -0.2) is 67.7 Å². The van der Waals surface area contributed by atoms with Gasteiger partial charge in [0.1, 0.15) is 18.6 Å². The molecule has 0 aromatic heterocycles. The second kappa shape index (κ2) is 17.7. The number of nitrogens with zero attached hydrogens (tertiary/aromatic N) is 1. The minimum absolute atomic E-state index is 0.0300. The second-order valence-corrected chi connectivity index (χ2v) is 21.6. The van der Waals surface area contributed by atoms with Gasteiger partial charge in [0.25, 0.3) is 0 Å². The molecule has 280 valence electrons. The monoisotopic (exact) mass is 762 g/mol. The summed E-state index contributed by atoms with van der Waals surface area (Å²) in [5, 5.41) is 5.15. The van der Waals surface area contributed by atoms with E-state index in [9.17, 15) is 19.2 Å². The van der Waals surface area contributed by atoms with Crippen molar-refractivity contribution in [1.82, 2.24) is 4.90 Å². The van der Waals surface area contributed by atoms with Crippen LogP contribution in [0.25, 0.3) is 0 Å². The van der Waals surface area contributed by atoms with E-state index in [-0.39, 0.29) is 36.7 Å². The molecule has 4 aromatic carbocycles. The summed E-state index contributed by atoms with van der Waals surface area (Å²) in [6.45, 7) is 12.1. The van der Waals surface area contributed by atoms with Gasteiger partial charge in [-0.25, -0.2) is 9.59 Å². The van der Waals surface area contributed by atoms with E-state index in [4.69, 9.17) is 13.9 Å². The Hall–Kier alpha value is -5.28. The van der Waals surface area contributed by atoms with Gasteiger partial charge in [0.2, 0.25) is 5.91 Å². The van der Waals surface area contributed by atoms with Crippen molar-refractivity contribution in [1.29, 1.82) is 0 Å². The number of hydrogen-bond acceptors (Lipinski definition) is 7. The minimum Gasteiger partial charge on any atom is -0.457 e. The number of ketones is 1. The summed E-state index contributed by atoms with van der Waals surface area (Å²) in [6, 6.07) is 34.9. The Kier molecular flexibility index (Phi) is 13.1. The number of anilines is 1. The Balaban J connectivity index is 1.76. The summed E-state index contributed by atoms with van der Waals surface area (Å²) in [6.07, 6.45) is 1.58. The maximum absolute atomic E-state index is 14.9. The fraction of sp³-hybridized carbons (Fsp3) is 0.233. The van der Waals surface area contributed by atoms with Gasteiger partial charge in [-0.3, -0.25) is 14.9 Å². The van der Waals surface area contributed by atoms with Gasteiger partial charge in [0.15, 0.2) is 14.1 Å². The molecule has 0 saturated carbocycles. The Labute approximate surface area is 318 Å². The first-order chi connectivity index (χ1) is 25.9. The molecule has 1 N–H and O–H groups in total. The van der Waals surface area contributed by atoms with Crippen LogP contribution in [0.4, 0.5) is 10.5 Å². The number of esters is 1. The first kappa shape index (κ1) is 39.9. The third kappa shape index (κ3) is 8.74. The molecule has 1 heterocycles. The average Bonchev–Trinajstić information content (AvgIpc) is 3.16. The predicted octanol–water partition coefficient (Wildman–Crippen LogP) is 6.91. The lowest BCUT2D eigenvalue weighted by Crippen LogP contribution is -2.69. The van der Waals surface area contributed by atoms with Crippen LogP contribution in [0.1, 0.15) is 23.7 Å². The Morgan fingerprint density at radius 2 is 1.31 bits per heavy atom. The highest BCUT2D eigenvalue weighted by atomic mass is 31.2. The van der Waals surface area contributed by atoms with Crippen LogP contribution in [0.3, 0.4) is 0 Å². The number of benzene rings is 4. The lowest BCUT2D eigenvalue weighted by atomic mass is 9.79. The zero-order valence-electron chi connectivity index (χ0n) is 31.1. The van der Waals surface area contributed by atoms with Crippen LogP contribution in [-0.2, 0) is 23.5 Å². The van der Waals surface area contributed by atoms with E-state index < -0.39 is 45.3 Å². The Bertz CT molecular complexity index is 1940. The molecule has 11 heteroatoms. The van der Waals surface area contributed by atoms with Crippen molar-refractivity contribution in [2.24, 2.45) is 5.92 Å². The van der Waals surface area contributed by atoms with Crippen molar-refractivity contribution in [3.05, 3.63) is 146 Å².